The maximum atomic E-state index is 11.9. The lowest BCUT2D eigenvalue weighted by molar-refractivity contribution is -0.141. The monoisotopic (exact) mass is 285 g/mol. The van der Waals surface area contributed by atoms with E-state index in [0.29, 0.717) is 10.6 Å². The highest BCUT2D eigenvalue weighted by Gasteiger charge is 2.25. The van der Waals surface area contributed by atoms with Gasteiger partial charge < -0.3 is 15.5 Å². The highest BCUT2D eigenvalue weighted by molar-refractivity contribution is 6.34. The lowest BCUT2D eigenvalue weighted by Crippen LogP contribution is -2.42. The predicted molar refractivity (Wildman–Crippen MR) is 71.4 cm³/mol. The number of aryl methyl sites for hydroxylation is 1. The molecule has 1 aromatic carbocycles. The molecule has 19 heavy (non-hydrogen) atoms. The zero-order valence-corrected chi connectivity index (χ0v) is 11.5. The molecule has 3 N–H and O–H groups in total. The average Bonchev–Trinajstić information content (AvgIpc) is 2.28. The molecule has 5 nitrogen and oxygen atoms in total. The number of amides is 1. The molecule has 0 saturated carbocycles. The molecular weight excluding hydrogens is 270 g/mol. The molecule has 1 aromatic rings. The van der Waals surface area contributed by atoms with Gasteiger partial charge in [-0.3, -0.25) is 9.59 Å². The van der Waals surface area contributed by atoms with Gasteiger partial charge in [0.15, 0.2) is 0 Å². The van der Waals surface area contributed by atoms with Crippen molar-refractivity contribution in [3.63, 3.8) is 0 Å². The van der Waals surface area contributed by atoms with E-state index in [0.717, 1.165) is 5.56 Å². The second-order valence-corrected chi connectivity index (χ2v) is 5.06. The van der Waals surface area contributed by atoms with Crippen LogP contribution in [0, 0.1) is 6.92 Å². The third kappa shape index (κ3) is 4.54. The summed E-state index contributed by atoms with van der Waals surface area (Å²) in [5, 5.41) is 21.2. The quantitative estimate of drug-likeness (QED) is 0.767. The van der Waals surface area contributed by atoms with Gasteiger partial charge in [-0.05, 0) is 25.5 Å². The Morgan fingerprint density at radius 2 is 2.05 bits per heavy atom. The third-order valence-electron chi connectivity index (χ3n) is 2.60. The standard InChI is InChI=1S/C13H16ClNO4/c1-8-4-3-5-9(11(8)14)12(18)15-7-13(2,19)6-10(16)17/h3-5,19H,6-7H2,1-2H3,(H,15,18)(H,16,17). The summed E-state index contributed by atoms with van der Waals surface area (Å²) < 4.78 is 0. The van der Waals surface area contributed by atoms with E-state index in [9.17, 15) is 14.7 Å². The molecule has 1 rings (SSSR count). The normalized spacial score (nSPS) is 13.7. The number of benzene rings is 1. The van der Waals surface area contributed by atoms with Crippen LogP contribution in [0.2, 0.25) is 5.02 Å². The molecule has 1 amide bonds. The molecule has 0 fully saturated rings. The Balaban J connectivity index is 2.71. The van der Waals surface area contributed by atoms with Gasteiger partial charge in [-0.25, -0.2) is 0 Å². The van der Waals surface area contributed by atoms with E-state index in [4.69, 9.17) is 16.7 Å². The Morgan fingerprint density at radius 3 is 2.63 bits per heavy atom. The minimum Gasteiger partial charge on any atom is -0.481 e. The maximum Gasteiger partial charge on any atom is 0.306 e. The van der Waals surface area contributed by atoms with Gasteiger partial charge in [0.05, 0.1) is 22.6 Å². The highest BCUT2D eigenvalue weighted by Crippen LogP contribution is 2.20. The Hall–Kier alpha value is -1.59. The van der Waals surface area contributed by atoms with Gasteiger partial charge >= 0.3 is 5.97 Å². The number of carboxylic acid groups (broad SMARTS) is 1. The van der Waals surface area contributed by atoms with Crippen LogP contribution in [-0.2, 0) is 4.79 Å². The number of rotatable bonds is 5. The molecule has 0 heterocycles. The predicted octanol–water partition coefficient (Wildman–Crippen LogP) is 1.60. The van der Waals surface area contributed by atoms with Crippen LogP contribution in [0.25, 0.3) is 0 Å². The Kier molecular flexibility index (Phi) is 4.91. The molecule has 0 saturated heterocycles. The van der Waals surface area contributed by atoms with E-state index in [-0.39, 0.29) is 6.54 Å². The lowest BCUT2D eigenvalue weighted by atomic mass is 10.0. The van der Waals surface area contributed by atoms with E-state index in [1.54, 1.807) is 25.1 Å². The zero-order valence-electron chi connectivity index (χ0n) is 10.7. The first-order valence-corrected chi connectivity index (χ1v) is 6.08. The van der Waals surface area contributed by atoms with Gasteiger partial charge in [0.2, 0.25) is 0 Å². The van der Waals surface area contributed by atoms with Gasteiger partial charge in [0, 0.05) is 6.54 Å². The Morgan fingerprint density at radius 1 is 1.42 bits per heavy atom. The van der Waals surface area contributed by atoms with E-state index < -0.39 is 23.9 Å². The van der Waals surface area contributed by atoms with Crippen molar-refractivity contribution in [1.29, 1.82) is 0 Å². The van der Waals surface area contributed by atoms with Crippen molar-refractivity contribution < 1.29 is 19.8 Å². The van der Waals surface area contributed by atoms with Crippen LogP contribution in [0.15, 0.2) is 18.2 Å². The molecule has 0 aromatic heterocycles. The molecular formula is C13H16ClNO4. The number of carbonyl (C=O) groups excluding carboxylic acids is 1. The van der Waals surface area contributed by atoms with Crippen LogP contribution in [-0.4, -0.2) is 34.2 Å². The molecule has 0 spiro atoms. The Labute approximate surface area is 116 Å². The van der Waals surface area contributed by atoms with Gasteiger partial charge in [-0.1, -0.05) is 23.7 Å². The van der Waals surface area contributed by atoms with Crippen LogP contribution in [0.3, 0.4) is 0 Å². The summed E-state index contributed by atoms with van der Waals surface area (Å²) in [5.41, 5.74) is -0.433. The van der Waals surface area contributed by atoms with Gasteiger partial charge in [0.1, 0.15) is 0 Å². The number of hydrogen-bond acceptors (Lipinski definition) is 3. The number of hydrogen-bond donors (Lipinski definition) is 3. The minimum atomic E-state index is -1.50. The van der Waals surface area contributed by atoms with Crippen molar-refractivity contribution in [2.75, 3.05) is 6.54 Å². The van der Waals surface area contributed by atoms with Crippen LogP contribution < -0.4 is 5.32 Å². The Bertz CT molecular complexity index is 499. The van der Waals surface area contributed by atoms with Crippen molar-refractivity contribution in [2.24, 2.45) is 0 Å². The van der Waals surface area contributed by atoms with Gasteiger partial charge in [0.25, 0.3) is 5.91 Å². The molecule has 1 unspecified atom stereocenters. The van der Waals surface area contributed by atoms with Crippen LogP contribution in [0.1, 0.15) is 29.3 Å². The number of nitrogens with one attached hydrogen (secondary N) is 1. The number of aliphatic hydroxyl groups is 1. The molecule has 0 aliphatic carbocycles. The van der Waals surface area contributed by atoms with Crippen molar-refractivity contribution in [3.05, 3.63) is 34.3 Å². The first-order chi connectivity index (χ1) is 8.73. The van der Waals surface area contributed by atoms with Crippen molar-refractivity contribution in [3.8, 4) is 0 Å². The average molecular weight is 286 g/mol. The largest absolute Gasteiger partial charge is 0.481 e. The topological polar surface area (TPSA) is 86.6 Å². The lowest BCUT2D eigenvalue weighted by Gasteiger charge is -2.21. The summed E-state index contributed by atoms with van der Waals surface area (Å²) >= 11 is 6.00. The molecule has 0 aliphatic rings. The van der Waals surface area contributed by atoms with Gasteiger partial charge in [-0.15, -0.1) is 0 Å². The summed E-state index contributed by atoms with van der Waals surface area (Å²) in [7, 11) is 0. The summed E-state index contributed by atoms with van der Waals surface area (Å²) in [6.45, 7) is 2.96. The summed E-state index contributed by atoms with van der Waals surface area (Å²) in [6.07, 6.45) is -0.450. The zero-order chi connectivity index (χ0) is 14.6. The fourth-order valence-corrected chi connectivity index (χ4v) is 1.79. The van der Waals surface area contributed by atoms with Gasteiger partial charge in [-0.2, -0.15) is 0 Å². The van der Waals surface area contributed by atoms with Crippen LogP contribution >= 0.6 is 11.6 Å². The fraction of sp³-hybridized carbons (Fsp3) is 0.385. The first-order valence-electron chi connectivity index (χ1n) is 5.70. The SMILES string of the molecule is Cc1cccc(C(=O)NCC(C)(O)CC(=O)O)c1Cl. The fourth-order valence-electron chi connectivity index (χ4n) is 1.58. The molecule has 1 atom stereocenters. The number of halogens is 1. The molecule has 0 bridgehead atoms. The molecule has 0 radical (unpaired) electrons. The van der Waals surface area contributed by atoms with Crippen molar-refractivity contribution in [1.82, 2.24) is 5.32 Å². The highest BCUT2D eigenvalue weighted by atomic mass is 35.5. The first kappa shape index (κ1) is 15.5. The van der Waals surface area contributed by atoms with Crippen molar-refractivity contribution in [2.45, 2.75) is 25.9 Å². The number of carboxylic acids is 1. The summed E-state index contributed by atoms with van der Waals surface area (Å²) in [4.78, 5) is 22.4. The third-order valence-corrected chi connectivity index (χ3v) is 3.10. The molecule has 104 valence electrons. The second-order valence-electron chi connectivity index (χ2n) is 4.69. The van der Waals surface area contributed by atoms with E-state index in [2.05, 4.69) is 5.32 Å². The van der Waals surface area contributed by atoms with Crippen LogP contribution in [0.5, 0.6) is 0 Å². The smallest absolute Gasteiger partial charge is 0.306 e. The minimum absolute atomic E-state index is 0.164. The number of aliphatic carboxylic acids is 1. The molecule has 0 aliphatic heterocycles. The second kappa shape index (κ2) is 6.04. The van der Waals surface area contributed by atoms with E-state index in [1.807, 2.05) is 0 Å². The molecule has 6 heteroatoms. The van der Waals surface area contributed by atoms with E-state index in [1.165, 1.54) is 6.92 Å². The van der Waals surface area contributed by atoms with E-state index >= 15 is 0 Å². The number of carbonyl (C=O) groups is 2. The summed E-state index contributed by atoms with van der Waals surface area (Å²) in [6, 6.07) is 5.04. The van der Waals surface area contributed by atoms with Crippen molar-refractivity contribution >= 4 is 23.5 Å². The maximum absolute atomic E-state index is 11.9. The summed E-state index contributed by atoms with van der Waals surface area (Å²) in [5.74, 6) is -1.58. The van der Waals surface area contributed by atoms with Crippen LogP contribution in [0.4, 0.5) is 0 Å².